The van der Waals surface area contributed by atoms with Gasteiger partial charge in [-0.1, -0.05) is 18.9 Å². The van der Waals surface area contributed by atoms with Crippen molar-refractivity contribution in [2.75, 3.05) is 0 Å². The molecule has 3 N–H and O–H groups in total. The molecule has 0 unspecified atom stereocenters. The maximum atomic E-state index is 12.1. The van der Waals surface area contributed by atoms with Crippen molar-refractivity contribution in [1.29, 1.82) is 0 Å². The minimum atomic E-state index is -0.116. The fourth-order valence-electron chi connectivity index (χ4n) is 2.93. The van der Waals surface area contributed by atoms with Gasteiger partial charge in [-0.15, -0.1) is 11.3 Å². The third-order valence-electron chi connectivity index (χ3n) is 4.01. The van der Waals surface area contributed by atoms with Crippen LogP contribution in [0, 0.1) is 5.92 Å². The standard InChI is InChI=1S/C15H20N4OS/c20-15(16-10-12-7-8-17-19-12)18-14(11-4-1-2-5-11)13-6-3-9-21-13/h3,6-9,11,14H,1-2,4-5,10H2,(H,17,19)(H2,16,18,20)/t14-/m1/s1. The summed E-state index contributed by atoms with van der Waals surface area (Å²) in [5.74, 6) is 0.557. The van der Waals surface area contributed by atoms with Crippen LogP contribution in [0.2, 0.25) is 0 Å². The second kappa shape index (κ2) is 6.76. The number of H-pyrrole nitrogens is 1. The minimum Gasteiger partial charge on any atom is -0.333 e. The van der Waals surface area contributed by atoms with Gasteiger partial charge in [-0.25, -0.2) is 4.79 Å². The zero-order valence-electron chi connectivity index (χ0n) is 11.8. The largest absolute Gasteiger partial charge is 0.333 e. The Hall–Kier alpha value is -1.82. The first-order valence-corrected chi connectivity index (χ1v) is 8.27. The summed E-state index contributed by atoms with van der Waals surface area (Å²) in [6.07, 6.45) is 6.61. The van der Waals surface area contributed by atoms with Gasteiger partial charge in [0.25, 0.3) is 0 Å². The number of thiophene rings is 1. The van der Waals surface area contributed by atoms with Crippen LogP contribution in [0.15, 0.2) is 29.8 Å². The van der Waals surface area contributed by atoms with Crippen molar-refractivity contribution in [2.45, 2.75) is 38.3 Å². The Balaban J connectivity index is 1.59. The molecule has 0 bridgehead atoms. The highest BCUT2D eigenvalue weighted by Crippen LogP contribution is 2.37. The quantitative estimate of drug-likeness (QED) is 0.794. The smallest absolute Gasteiger partial charge is 0.315 e. The number of hydrogen-bond donors (Lipinski definition) is 3. The van der Waals surface area contributed by atoms with Crippen LogP contribution in [0.3, 0.4) is 0 Å². The zero-order valence-corrected chi connectivity index (χ0v) is 12.7. The van der Waals surface area contributed by atoms with Crippen molar-refractivity contribution in [2.24, 2.45) is 5.92 Å². The highest BCUT2D eigenvalue weighted by Gasteiger charge is 2.28. The molecule has 1 aliphatic carbocycles. The lowest BCUT2D eigenvalue weighted by Gasteiger charge is -2.23. The third kappa shape index (κ3) is 3.64. The second-order valence-corrected chi connectivity index (χ2v) is 6.43. The van der Waals surface area contributed by atoms with Crippen molar-refractivity contribution in [3.8, 4) is 0 Å². The first-order chi connectivity index (χ1) is 10.3. The Bertz CT molecular complexity index is 546. The van der Waals surface area contributed by atoms with Crippen molar-refractivity contribution in [1.82, 2.24) is 20.8 Å². The summed E-state index contributed by atoms with van der Waals surface area (Å²) in [7, 11) is 0. The molecular formula is C15H20N4OS. The lowest BCUT2D eigenvalue weighted by Crippen LogP contribution is -2.39. The average Bonchev–Trinajstić information content (AvgIpc) is 3.26. The Morgan fingerprint density at radius 2 is 2.29 bits per heavy atom. The van der Waals surface area contributed by atoms with E-state index in [1.807, 2.05) is 12.1 Å². The summed E-state index contributed by atoms with van der Waals surface area (Å²) in [5.41, 5.74) is 0.902. The number of urea groups is 1. The van der Waals surface area contributed by atoms with Crippen LogP contribution in [0.4, 0.5) is 4.79 Å². The molecule has 0 spiro atoms. The summed E-state index contributed by atoms with van der Waals surface area (Å²) < 4.78 is 0. The lowest BCUT2D eigenvalue weighted by molar-refractivity contribution is 0.231. The molecule has 2 aromatic rings. The monoisotopic (exact) mass is 304 g/mol. The fourth-order valence-corrected chi connectivity index (χ4v) is 3.80. The van der Waals surface area contributed by atoms with Crippen molar-refractivity contribution < 1.29 is 4.79 Å². The molecule has 6 heteroatoms. The topological polar surface area (TPSA) is 69.8 Å². The van der Waals surface area contributed by atoms with Gasteiger partial charge >= 0.3 is 6.03 Å². The third-order valence-corrected chi connectivity index (χ3v) is 4.96. The van der Waals surface area contributed by atoms with Crippen LogP contribution in [0.25, 0.3) is 0 Å². The molecule has 0 aliphatic heterocycles. The zero-order chi connectivity index (χ0) is 14.5. The predicted molar refractivity (Wildman–Crippen MR) is 83.0 cm³/mol. The molecular weight excluding hydrogens is 284 g/mol. The molecule has 0 radical (unpaired) electrons. The van der Waals surface area contributed by atoms with Gasteiger partial charge in [0.05, 0.1) is 18.3 Å². The van der Waals surface area contributed by atoms with E-state index in [4.69, 9.17) is 0 Å². The molecule has 0 saturated heterocycles. The highest BCUT2D eigenvalue weighted by atomic mass is 32.1. The SMILES string of the molecule is O=C(NCc1ccn[nH]1)N[C@@H](c1cccs1)C1CCCC1. The summed E-state index contributed by atoms with van der Waals surface area (Å²) >= 11 is 1.72. The molecule has 3 rings (SSSR count). The molecule has 21 heavy (non-hydrogen) atoms. The molecule has 5 nitrogen and oxygen atoms in total. The average molecular weight is 304 g/mol. The van der Waals surface area contributed by atoms with E-state index in [1.165, 1.54) is 30.6 Å². The number of carbonyl (C=O) groups is 1. The number of aromatic amines is 1. The van der Waals surface area contributed by atoms with Crippen molar-refractivity contribution in [3.05, 3.63) is 40.3 Å². The number of carbonyl (C=O) groups excluding carboxylic acids is 1. The Labute approximate surface area is 128 Å². The molecule has 2 heterocycles. The van der Waals surface area contributed by atoms with E-state index in [1.54, 1.807) is 17.5 Å². The minimum absolute atomic E-state index is 0.116. The van der Waals surface area contributed by atoms with Gasteiger partial charge in [-0.3, -0.25) is 5.10 Å². The van der Waals surface area contributed by atoms with Crippen LogP contribution >= 0.6 is 11.3 Å². The first-order valence-electron chi connectivity index (χ1n) is 7.39. The molecule has 2 aromatic heterocycles. The molecule has 0 aromatic carbocycles. The summed E-state index contributed by atoms with van der Waals surface area (Å²) in [6.45, 7) is 0.466. The Morgan fingerprint density at radius 1 is 1.43 bits per heavy atom. The van der Waals surface area contributed by atoms with E-state index < -0.39 is 0 Å². The normalized spacial score (nSPS) is 16.8. The van der Waals surface area contributed by atoms with Gasteiger partial charge in [0.1, 0.15) is 0 Å². The van der Waals surface area contributed by atoms with Crippen LogP contribution in [0.5, 0.6) is 0 Å². The van der Waals surface area contributed by atoms with Gasteiger partial charge in [0.2, 0.25) is 0 Å². The molecule has 1 atom stereocenters. The van der Waals surface area contributed by atoms with E-state index in [0.717, 1.165) is 5.69 Å². The van der Waals surface area contributed by atoms with Crippen molar-refractivity contribution in [3.63, 3.8) is 0 Å². The Kier molecular flexibility index (Phi) is 4.55. The molecule has 2 amide bonds. The van der Waals surface area contributed by atoms with Gasteiger partial charge in [-0.2, -0.15) is 5.10 Å². The summed E-state index contributed by atoms with van der Waals surface area (Å²) in [5, 5.41) is 14.8. The molecule has 1 aliphatic rings. The van der Waals surface area contributed by atoms with Gasteiger partial charge in [0, 0.05) is 11.1 Å². The summed E-state index contributed by atoms with van der Waals surface area (Å²) in [6, 6.07) is 6.03. The number of aromatic nitrogens is 2. The lowest BCUT2D eigenvalue weighted by atomic mass is 9.97. The van der Waals surface area contributed by atoms with Crippen LogP contribution in [-0.2, 0) is 6.54 Å². The van der Waals surface area contributed by atoms with Gasteiger partial charge in [0.15, 0.2) is 0 Å². The van der Waals surface area contributed by atoms with Gasteiger partial charge < -0.3 is 10.6 Å². The van der Waals surface area contributed by atoms with E-state index in [0.29, 0.717) is 12.5 Å². The van der Waals surface area contributed by atoms with Crippen LogP contribution < -0.4 is 10.6 Å². The van der Waals surface area contributed by atoms with Gasteiger partial charge in [-0.05, 0) is 36.3 Å². The second-order valence-electron chi connectivity index (χ2n) is 5.45. The summed E-state index contributed by atoms with van der Waals surface area (Å²) in [4.78, 5) is 13.4. The predicted octanol–water partition coefficient (Wildman–Crippen LogP) is 3.20. The van der Waals surface area contributed by atoms with E-state index in [9.17, 15) is 4.79 Å². The maximum Gasteiger partial charge on any atom is 0.315 e. The first kappa shape index (κ1) is 14.1. The van der Waals surface area contributed by atoms with Crippen LogP contribution in [-0.4, -0.2) is 16.2 Å². The Morgan fingerprint density at radius 3 is 2.95 bits per heavy atom. The van der Waals surface area contributed by atoms with Crippen molar-refractivity contribution >= 4 is 17.4 Å². The number of nitrogens with one attached hydrogen (secondary N) is 3. The van der Waals surface area contributed by atoms with E-state index in [-0.39, 0.29) is 12.1 Å². The fraction of sp³-hybridized carbons (Fsp3) is 0.467. The number of rotatable bonds is 5. The maximum absolute atomic E-state index is 12.1. The molecule has 1 saturated carbocycles. The van der Waals surface area contributed by atoms with Crippen LogP contribution in [0.1, 0.15) is 42.3 Å². The molecule has 1 fully saturated rings. The highest BCUT2D eigenvalue weighted by molar-refractivity contribution is 7.10. The van der Waals surface area contributed by atoms with E-state index >= 15 is 0 Å². The molecule has 112 valence electrons. The van der Waals surface area contributed by atoms with E-state index in [2.05, 4.69) is 32.3 Å². The number of hydrogen-bond acceptors (Lipinski definition) is 3. The number of nitrogens with zero attached hydrogens (tertiary/aromatic N) is 1. The number of amides is 2.